The minimum Gasteiger partial charge on any atom is -0.477 e. The van der Waals surface area contributed by atoms with Crippen LogP contribution in [-0.2, 0) is 9.59 Å². The van der Waals surface area contributed by atoms with Crippen LogP contribution in [0.2, 0.25) is 0 Å². The van der Waals surface area contributed by atoms with Gasteiger partial charge in [-0.05, 0) is 24.5 Å². The minimum absolute atomic E-state index is 0.171. The van der Waals surface area contributed by atoms with Gasteiger partial charge >= 0.3 is 5.97 Å². The Morgan fingerprint density at radius 2 is 1.85 bits per heavy atom. The number of carboxylic acids is 1. The lowest BCUT2D eigenvalue weighted by atomic mass is 10.0. The molecule has 0 bridgehead atoms. The molecule has 0 saturated heterocycles. The monoisotopic (exact) mass is 353 g/mol. The van der Waals surface area contributed by atoms with Gasteiger partial charge in [-0.15, -0.1) is 0 Å². The van der Waals surface area contributed by atoms with Crippen LogP contribution in [0, 0.1) is 5.92 Å². The van der Waals surface area contributed by atoms with Crippen LogP contribution in [0.5, 0.6) is 0 Å². The molecule has 0 spiro atoms. The lowest BCUT2D eigenvalue weighted by Crippen LogP contribution is -2.27. The van der Waals surface area contributed by atoms with E-state index in [1.807, 2.05) is 30.3 Å². The summed E-state index contributed by atoms with van der Waals surface area (Å²) in [5.41, 5.74) is 0.736. The fourth-order valence-corrected chi connectivity index (χ4v) is 3.33. The van der Waals surface area contributed by atoms with Crippen molar-refractivity contribution >= 4 is 18.0 Å². The molecule has 26 heavy (non-hydrogen) atoms. The highest BCUT2D eigenvalue weighted by molar-refractivity contribution is 5.96. The van der Waals surface area contributed by atoms with Crippen molar-refractivity contribution in [2.75, 3.05) is 0 Å². The first-order valence-corrected chi connectivity index (χ1v) is 9.02. The minimum atomic E-state index is -1.18. The molecule has 0 unspecified atom stereocenters. The Morgan fingerprint density at radius 3 is 2.54 bits per heavy atom. The smallest absolute Gasteiger partial charge is 0.352 e. The van der Waals surface area contributed by atoms with Crippen LogP contribution in [0.25, 0.3) is 17.4 Å². The summed E-state index contributed by atoms with van der Waals surface area (Å²) in [6.45, 7) is 0. The summed E-state index contributed by atoms with van der Waals surface area (Å²) in [6, 6.07) is 13.0. The highest BCUT2D eigenvalue weighted by Gasteiger charge is 2.18. The van der Waals surface area contributed by atoms with Crippen LogP contribution >= 0.6 is 0 Å². The highest BCUT2D eigenvalue weighted by Crippen LogP contribution is 2.28. The fourth-order valence-electron chi connectivity index (χ4n) is 3.33. The summed E-state index contributed by atoms with van der Waals surface area (Å²) in [5.74, 6) is 0.181. The molecule has 0 aliphatic heterocycles. The van der Waals surface area contributed by atoms with Crippen molar-refractivity contribution in [2.24, 2.45) is 5.92 Å². The molecule has 0 radical (unpaired) electrons. The van der Waals surface area contributed by atoms with Gasteiger partial charge in [0, 0.05) is 18.1 Å². The number of aliphatic carboxylic acids is 1. The Hall–Kier alpha value is -2.82. The maximum Gasteiger partial charge on any atom is 0.352 e. The van der Waals surface area contributed by atoms with E-state index in [-0.39, 0.29) is 11.6 Å². The maximum absolute atomic E-state index is 12.1. The number of amides is 1. The molecule has 1 amide bonds. The zero-order valence-electron chi connectivity index (χ0n) is 14.6. The average Bonchev–Trinajstić information content (AvgIpc) is 3.32. The third-order valence-corrected chi connectivity index (χ3v) is 4.73. The molecule has 1 saturated carbocycles. The third-order valence-electron chi connectivity index (χ3n) is 4.73. The van der Waals surface area contributed by atoms with E-state index >= 15 is 0 Å². The summed E-state index contributed by atoms with van der Waals surface area (Å²) >= 11 is 0. The lowest BCUT2D eigenvalue weighted by molar-refractivity contribution is -0.134. The van der Waals surface area contributed by atoms with Crippen molar-refractivity contribution < 1.29 is 19.1 Å². The number of hydrogen-bond acceptors (Lipinski definition) is 3. The average molecular weight is 353 g/mol. The Bertz CT molecular complexity index is 785. The van der Waals surface area contributed by atoms with Gasteiger partial charge in [-0.3, -0.25) is 4.79 Å². The molecule has 2 aromatic rings. The Balaban J connectivity index is 1.64. The molecule has 3 rings (SSSR count). The van der Waals surface area contributed by atoms with Crippen LogP contribution in [0.1, 0.15) is 44.3 Å². The van der Waals surface area contributed by atoms with E-state index in [2.05, 4.69) is 5.32 Å². The number of nitrogens with one attached hydrogen (secondary N) is 1. The normalized spacial score (nSPS) is 15.2. The Labute approximate surface area is 152 Å². The first-order valence-electron chi connectivity index (χ1n) is 9.02. The molecule has 1 aliphatic rings. The summed E-state index contributed by atoms with van der Waals surface area (Å²) in [4.78, 5) is 23.5. The largest absolute Gasteiger partial charge is 0.477 e. The van der Waals surface area contributed by atoms with Gasteiger partial charge < -0.3 is 14.8 Å². The van der Waals surface area contributed by atoms with Crippen LogP contribution in [-0.4, -0.2) is 17.0 Å². The molecule has 136 valence electrons. The van der Waals surface area contributed by atoms with E-state index in [4.69, 9.17) is 4.42 Å². The second kappa shape index (κ2) is 8.52. The second-order valence-corrected chi connectivity index (χ2v) is 6.67. The molecule has 5 nitrogen and oxygen atoms in total. The van der Waals surface area contributed by atoms with Gasteiger partial charge in [0.05, 0.1) is 0 Å². The van der Waals surface area contributed by atoms with Crippen LogP contribution in [0.3, 0.4) is 0 Å². The molecule has 1 aliphatic carbocycles. The number of carboxylic acid groups (broad SMARTS) is 1. The van der Waals surface area contributed by atoms with Crippen molar-refractivity contribution in [3.05, 3.63) is 53.9 Å². The van der Waals surface area contributed by atoms with Gasteiger partial charge in [-0.25, -0.2) is 4.79 Å². The third kappa shape index (κ3) is 4.85. The van der Waals surface area contributed by atoms with Crippen LogP contribution in [0.15, 0.2) is 52.6 Å². The number of carbonyl (C=O) groups excluding carboxylic acids is 1. The van der Waals surface area contributed by atoms with Gasteiger partial charge in [-0.1, -0.05) is 56.0 Å². The van der Waals surface area contributed by atoms with Gasteiger partial charge in [-0.2, -0.15) is 0 Å². The number of rotatable bonds is 7. The quantitative estimate of drug-likeness (QED) is 0.720. The van der Waals surface area contributed by atoms with Crippen molar-refractivity contribution in [1.29, 1.82) is 0 Å². The van der Waals surface area contributed by atoms with Gasteiger partial charge in [0.1, 0.15) is 17.2 Å². The van der Waals surface area contributed by atoms with Crippen molar-refractivity contribution in [3.8, 4) is 11.3 Å². The number of carbonyl (C=O) groups is 2. The van der Waals surface area contributed by atoms with Crippen LogP contribution in [0.4, 0.5) is 0 Å². The van der Waals surface area contributed by atoms with Gasteiger partial charge in [0.15, 0.2) is 0 Å². The summed E-state index contributed by atoms with van der Waals surface area (Å²) in [6.07, 6.45) is 7.32. The number of furan rings is 1. The first kappa shape index (κ1) is 18.0. The molecular formula is C21H23NO4. The molecule has 5 heteroatoms. The Kier molecular flexibility index (Phi) is 5.89. The molecule has 0 atom stereocenters. The zero-order valence-corrected chi connectivity index (χ0v) is 14.6. The maximum atomic E-state index is 12.1. The van der Waals surface area contributed by atoms with E-state index in [1.54, 1.807) is 12.1 Å². The summed E-state index contributed by atoms with van der Waals surface area (Å²) in [5, 5.41) is 11.9. The molecule has 2 N–H and O–H groups in total. The summed E-state index contributed by atoms with van der Waals surface area (Å²) < 4.78 is 5.68. The molecule has 1 aromatic carbocycles. The lowest BCUT2D eigenvalue weighted by Gasteiger charge is -2.09. The van der Waals surface area contributed by atoms with Crippen molar-refractivity contribution in [1.82, 2.24) is 5.32 Å². The van der Waals surface area contributed by atoms with E-state index in [9.17, 15) is 14.7 Å². The molecule has 1 fully saturated rings. The predicted molar refractivity (Wildman–Crippen MR) is 99.1 cm³/mol. The van der Waals surface area contributed by atoms with Gasteiger partial charge in [0.25, 0.3) is 0 Å². The van der Waals surface area contributed by atoms with E-state index in [0.29, 0.717) is 23.9 Å². The standard InChI is InChI=1S/C21H23NO4/c23-20(13-10-15-6-4-5-7-15)22-18(21(24)25)14-17-11-12-19(26-17)16-8-2-1-3-9-16/h1-3,8-9,11-12,14-15H,4-7,10,13H2,(H,22,23)(H,24,25)/b18-14+. The van der Waals surface area contributed by atoms with E-state index in [1.165, 1.54) is 31.8 Å². The molecular weight excluding hydrogens is 330 g/mol. The molecule has 1 aromatic heterocycles. The van der Waals surface area contributed by atoms with Crippen LogP contribution < -0.4 is 5.32 Å². The van der Waals surface area contributed by atoms with E-state index in [0.717, 1.165) is 12.0 Å². The SMILES string of the molecule is O=C(CCC1CCCC1)N/C(=C/c1ccc(-c2ccccc2)o1)C(=O)O. The predicted octanol–water partition coefficient (Wildman–Crippen LogP) is 4.46. The first-order chi connectivity index (χ1) is 12.6. The van der Waals surface area contributed by atoms with Crippen molar-refractivity contribution in [2.45, 2.75) is 38.5 Å². The topological polar surface area (TPSA) is 79.5 Å². The Morgan fingerprint density at radius 1 is 1.12 bits per heavy atom. The number of hydrogen-bond donors (Lipinski definition) is 2. The fraction of sp³-hybridized carbons (Fsp3) is 0.333. The van der Waals surface area contributed by atoms with E-state index < -0.39 is 5.97 Å². The van der Waals surface area contributed by atoms with Crippen molar-refractivity contribution in [3.63, 3.8) is 0 Å². The number of benzene rings is 1. The van der Waals surface area contributed by atoms with Gasteiger partial charge in [0.2, 0.25) is 5.91 Å². The molecule has 1 heterocycles. The highest BCUT2D eigenvalue weighted by atomic mass is 16.4. The summed E-state index contributed by atoms with van der Waals surface area (Å²) in [7, 11) is 0. The zero-order chi connectivity index (χ0) is 18.4. The second-order valence-electron chi connectivity index (χ2n) is 6.67.